The van der Waals surface area contributed by atoms with Gasteiger partial charge in [-0.15, -0.1) is 0 Å². The van der Waals surface area contributed by atoms with Gasteiger partial charge < -0.3 is 15.4 Å². The Morgan fingerprint density at radius 3 is 2.73 bits per heavy atom. The summed E-state index contributed by atoms with van der Waals surface area (Å²) in [5.74, 6) is 1.51. The normalized spacial score (nSPS) is 27.9. The van der Waals surface area contributed by atoms with Crippen LogP contribution in [-0.4, -0.2) is 59.0 Å². The first-order valence-electron chi connectivity index (χ1n) is 10.1. The van der Waals surface area contributed by atoms with Gasteiger partial charge in [0.05, 0.1) is 11.9 Å². The van der Waals surface area contributed by atoms with E-state index in [9.17, 15) is 8.42 Å². The van der Waals surface area contributed by atoms with E-state index in [0.717, 1.165) is 38.2 Å². The minimum atomic E-state index is -3.31. The van der Waals surface area contributed by atoms with E-state index in [-0.39, 0.29) is 11.9 Å². The molecular weight excluding hydrogens is 352 g/mol. The number of hydrogen-bond acceptors (Lipinski definition) is 4. The molecule has 0 aromatic carbocycles. The lowest BCUT2D eigenvalue weighted by Gasteiger charge is -2.30. The van der Waals surface area contributed by atoms with Gasteiger partial charge in [-0.1, -0.05) is 26.2 Å². The molecule has 0 radical (unpaired) electrons. The Balaban J connectivity index is 1.67. The molecule has 8 heteroatoms. The quantitative estimate of drug-likeness (QED) is 0.434. The number of aliphatic imine (C=N–C) groups is 1. The van der Waals surface area contributed by atoms with Crippen LogP contribution in [0.4, 0.5) is 0 Å². The zero-order valence-electron chi connectivity index (χ0n) is 16.3. The summed E-state index contributed by atoms with van der Waals surface area (Å²) >= 11 is 0. The Bertz CT molecular complexity index is 533. The Kier molecular flexibility index (Phi) is 9.15. The SMILES string of the molecule is CCC1CCCC(NC(=NC)NCCS(=O)(=O)NCC2CCCCO2)C1. The van der Waals surface area contributed by atoms with Gasteiger partial charge in [0, 0.05) is 32.8 Å². The van der Waals surface area contributed by atoms with Crippen molar-refractivity contribution < 1.29 is 13.2 Å². The Morgan fingerprint density at radius 2 is 2.04 bits per heavy atom. The second kappa shape index (κ2) is 11.1. The standard InChI is InChI=1S/C18H36N4O3S/c1-3-15-7-6-8-16(13-15)22-18(19-2)20-10-12-26(23,24)21-14-17-9-4-5-11-25-17/h15-17,21H,3-14H2,1-2H3,(H2,19,20,22). The molecule has 1 saturated carbocycles. The van der Waals surface area contributed by atoms with Crippen LogP contribution in [0.2, 0.25) is 0 Å². The van der Waals surface area contributed by atoms with Crippen LogP contribution >= 0.6 is 0 Å². The van der Waals surface area contributed by atoms with Crippen LogP contribution in [0.3, 0.4) is 0 Å². The predicted octanol–water partition coefficient (Wildman–Crippen LogP) is 1.61. The molecule has 2 aliphatic rings. The largest absolute Gasteiger partial charge is 0.377 e. The molecule has 0 spiro atoms. The minimum Gasteiger partial charge on any atom is -0.377 e. The number of guanidine groups is 1. The third kappa shape index (κ3) is 7.80. The highest BCUT2D eigenvalue weighted by Crippen LogP contribution is 2.26. The molecule has 0 aromatic rings. The molecule has 1 saturated heterocycles. The number of rotatable bonds is 8. The summed E-state index contributed by atoms with van der Waals surface area (Å²) < 4.78 is 32.5. The van der Waals surface area contributed by atoms with Crippen molar-refractivity contribution in [1.29, 1.82) is 0 Å². The fraction of sp³-hybridized carbons (Fsp3) is 0.944. The summed E-state index contributed by atoms with van der Waals surface area (Å²) in [5.41, 5.74) is 0. The van der Waals surface area contributed by atoms with Crippen LogP contribution in [0.1, 0.15) is 58.3 Å². The molecule has 3 atom stereocenters. The molecule has 0 bridgehead atoms. The maximum Gasteiger partial charge on any atom is 0.213 e. The van der Waals surface area contributed by atoms with Crippen molar-refractivity contribution in [2.24, 2.45) is 10.9 Å². The minimum absolute atomic E-state index is 0.0127. The number of hydrogen-bond donors (Lipinski definition) is 3. The van der Waals surface area contributed by atoms with Crippen LogP contribution in [0.25, 0.3) is 0 Å². The molecule has 7 nitrogen and oxygen atoms in total. The average molecular weight is 389 g/mol. The van der Waals surface area contributed by atoms with Crippen molar-refractivity contribution in [3.8, 4) is 0 Å². The second-order valence-electron chi connectivity index (χ2n) is 7.44. The lowest BCUT2D eigenvalue weighted by molar-refractivity contribution is 0.0200. The van der Waals surface area contributed by atoms with Gasteiger partial charge in [-0.3, -0.25) is 4.99 Å². The van der Waals surface area contributed by atoms with Crippen LogP contribution in [0.15, 0.2) is 4.99 Å². The van der Waals surface area contributed by atoms with Gasteiger partial charge >= 0.3 is 0 Å². The van der Waals surface area contributed by atoms with Crippen molar-refractivity contribution in [2.45, 2.75) is 70.4 Å². The molecule has 1 aliphatic heterocycles. The zero-order valence-corrected chi connectivity index (χ0v) is 17.1. The van der Waals surface area contributed by atoms with Crippen molar-refractivity contribution in [2.75, 3.05) is 32.5 Å². The first kappa shape index (κ1) is 21.4. The second-order valence-corrected chi connectivity index (χ2v) is 9.36. The third-order valence-corrected chi connectivity index (χ3v) is 6.74. The topological polar surface area (TPSA) is 91.8 Å². The molecule has 0 amide bonds. The van der Waals surface area contributed by atoms with E-state index in [4.69, 9.17) is 4.74 Å². The summed E-state index contributed by atoms with van der Waals surface area (Å²) in [6.07, 6.45) is 9.21. The third-order valence-electron chi connectivity index (χ3n) is 5.39. The molecule has 2 rings (SSSR count). The van der Waals surface area contributed by atoms with E-state index in [1.807, 2.05) is 0 Å². The van der Waals surface area contributed by atoms with Gasteiger partial charge in [0.2, 0.25) is 10.0 Å². The van der Waals surface area contributed by atoms with Crippen LogP contribution in [0, 0.1) is 5.92 Å². The van der Waals surface area contributed by atoms with Gasteiger partial charge in [-0.2, -0.15) is 0 Å². The molecular formula is C18H36N4O3S. The monoisotopic (exact) mass is 388 g/mol. The lowest BCUT2D eigenvalue weighted by atomic mass is 9.84. The van der Waals surface area contributed by atoms with Crippen LogP contribution < -0.4 is 15.4 Å². The maximum atomic E-state index is 12.1. The first-order valence-corrected chi connectivity index (χ1v) is 11.7. The molecule has 2 fully saturated rings. The Labute approximate surface area is 158 Å². The fourth-order valence-corrected chi connectivity index (χ4v) is 4.70. The van der Waals surface area contributed by atoms with Gasteiger partial charge in [-0.25, -0.2) is 13.1 Å². The lowest BCUT2D eigenvalue weighted by Crippen LogP contribution is -2.47. The van der Waals surface area contributed by atoms with Crippen molar-refractivity contribution in [1.82, 2.24) is 15.4 Å². The summed E-state index contributed by atoms with van der Waals surface area (Å²) in [6, 6.07) is 0.429. The maximum absolute atomic E-state index is 12.1. The highest BCUT2D eigenvalue weighted by molar-refractivity contribution is 7.89. The Morgan fingerprint density at radius 1 is 1.19 bits per heavy atom. The number of nitrogens with one attached hydrogen (secondary N) is 3. The summed E-state index contributed by atoms with van der Waals surface area (Å²) in [6.45, 7) is 3.69. The molecule has 0 aromatic heterocycles. The van der Waals surface area contributed by atoms with Crippen molar-refractivity contribution >= 4 is 16.0 Å². The van der Waals surface area contributed by atoms with E-state index >= 15 is 0 Å². The highest BCUT2D eigenvalue weighted by Gasteiger charge is 2.22. The first-order chi connectivity index (χ1) is 12.5. The van der Waals surface area contributed by atoms with Gasteiger partial charge in [0.1, 0.15) is 0 Å². The number of nitrogens with zero attached hydrogens (tertiary/aromatic N) is 1. The predicted molar refractivity (Wildman–Crippen MR) is 106 cm³/mol. The van der Waals surface area contributed by atoms with Gasteiger partial charge in [0.15, 0.2) is 5.96 Å². The number of sulfonamides is 1. The summed E-state index contributed by atoms with van der Waals surface area (Å²) in [4.78, 5) is 4.23. The Hall–Kier alpha value is -0.860. The van der Waals surface area contributed by atoms with Crippen molar-refractivity contribution in [3.05, 3.63) is 0 Å². The molecule has 1 aliphatic carbocycles. The molecule has 1 heterocycles. The number of ether oxygens (including phenoxy) is 1. The van der Waals surface area contributed by atoms with E-state index in [0.29, 0.717) is 25.1 Å². The average Bonchev–Trinajstić information content (AvgIpc) is 2.66. The summed E-state index contributed by atoms with van der Waals surface area (Å²) in [5, 5.41) is 6.58. The fourth-order valence-electron chi connectivity index (χ4n) is 3.75. The molecule has 26 heavy (non-hydrogen) atoms. The van der Waals surface area contributed by atoms with E-state index < -0.39 is 10.0 Å². The van der Waals surface area contributed by atoms with Crippen LogP contribution in [-0.2, 0) is 14.8 Å². The van der Waals surface area contributed by atoms with Gasteiger partial charge in [0.25, 0.3) is 0 Å². The highest BCUT2D eigenvalue weighted by atomic mass is 32.2. The molecule has 3 unspecified atom stereocenters. The zero-order chi connectivity index (χ0) is 18.8. The van der Waals surface area contributed by atoms with Crippen molar-refractivity contribution in [3.63, 3.8) is 0 Å². The summed E-state index contributed by atoms with van der Waals surface area (Å²) in [7, 11) is -1.58. The molecule has 152 valence electrons. The van der Waals surface area contributed by atoms with E-state index in [2.05, 4.69) is 27.3 Å². The van der Waals surface area contributed by atoms with E-state index in [1.165, 1.54) is 25.7 Å². The molecule has 3 N–H and O–H groups in total. The van der Waals surface area contributed by atoms with Gasteiger partial charge in [-0.05, 0) is 38.0 Å². The van der Waals surface area contributed by atoms with Crippen LogP contribution in [0.5, 0.6) is 0 Å². The van der Waals surface area contributed by atoms with E-state index in [1.54, 1.807) is 7.05 Å². The smallest absolute Gasteiger partial charge is 0.213 e.